The Kier molecular flexibility index (Phi) is 3.73. The van der Waals surface area contributed by atoms with Gasteiger partial charge >= 0.3 is 5.97 Å². The summed E-state index contributed by atoms with van der Waals surface area (Å²) in [6, 6.07) is 7.43. The van der Waals surface area contributed by atoms with Crippen molar-refractivity contribution in [2.45, 2.75) is 0 Å². The number of halogens is 1. The number of hydrogen-bond donors (Lipinski definition) is 3. The highest BCUT2D eigenvalue weighted by Crippen LogP contribution is 2.24. The number of nitrogens with one attached hydrogen (secondary N) is 1. The molecule has 2 rings (SSSR count). The molecule has 0 aliphatic carbocycles. The van der Waals surface area contributed by atoms with E-state index in [1.54, 1.807) is 12.1 Å². The number of carbonyl (C=O) groups is 2. The van der Waals surface area contributed by atoms with Gasteiger partial charge in [-0.3, -0.25) is 4.79 Å². The van der Waals surface area contributed by atoms with E-state index in [2.05, 4.69) is 5.32 Å². The van der Waals surface area contributed by atoms with E-state index in [0.29, 0.717) is 14.9 Å². The van der Waals surface area contributed by atoms with Crippen LogP contribution in [0, 0.1) is 0 Å². The maximum absolute atomic E-state index is 11.9. The average Bonchev–Trinajstić information content (AvgIpc) is 2.78. The fraction of sp³-hybridized carbons (Fsp3) is 0. The number of rotatable bonds is 3. The minimum atomic E-state index is -1.16. The fourth-order valence-electron chi connectivity index (χ4n) is 1.47. The van der Waals surface area contributed by atoms with Gasteiger partial charge in [-0.05, 0) is 30.3 Å². The Morgan fingerprint density at radius 1 is 1.26 bits per heavy atom. The molecule has 0 spiro atoms. The molecule has 0 fully saturated rings. The van der Waals surface area contributed by atoms with E-state index in [1.165, 1.54) is 18.2 Å². The summed E-state index contributed by atoms with van der Waals surface area (Å²) < 4.78 is 0.487. The molecule has 98 valence electrons. The Morgan fingerprint density at radius 2 is 2.00 bits per heavy atom. The van der Waals surface area contributed by atoms with Crippen LogP contribution in [0.3, 0.4) is 0 Å². The Morgan fingerprint density at radius 3 is 2.58 bits per heavy atom. The van der Waals surface area contributed by atoms with Gasteiger partial charge in [0.05, 0.1) is 20.5 Å². The molecule has 0 atom stereocenters. The van der Waals surface area contributed by atoms with Gasteiger partial charge in [0.1, 0.15) is 0 Å². The number of aromatic carboxylic acids is 1. The first-order valence-corrected chi connectivity index (χ1v) is 6.36. The van der Waals surface area contributed by atoms with Gasteiger partial charge in [-0.25, -0.2) is 4.79 Å². The summed E-state index contributed by atoms with van der Waals surface area (Å²) in [5, 5.41) is 11.6. The van der Waals surface area contributed by atoms with Crippen molar-refractivity contribution in [3.8, 4) is 0 Å². The van der Waals surface area contributed by atoms with Crippen LogP contribution in [0.1, 0.15) is 20.0 Å². The van der Waals surface area contributed by atoms with E-state index >= 15 is 0 Å². The molecule has 1 aromatic heterocycles. The maximum Gasteiger partial charge on any atom is 0.337 e. The molecule has 1 amide bonds. The monoisotopic (exact) mass is 296 g/mol. The van der Waals surface area contributed by atoms with E-state index in [-0.39, 0.29) is 11.3 Å². The van der Waals surface area contributed by atoms with Gasteiger partial charge in [0, 0.05) is 5.69 Å². The maximum atomic E-state index is 11.9. The second-order valence-corrected chi connectivity index (χ2v) is 5.38. The van der Waals surface area contributed by atoms with Crippen LogP contribution in [-0.2, 0) is 0 Å². The van der Waals surface area contributed by atoms with Crippen molar-refractivity contribution in [2.75, 3.05) is 11.1 Å². The molecule has 0 unspecified atom stereocenters. The zero-order valence-electron chi connectivity index (χ0n) is 9.51. The number of anilines is 2. The van der Waals surface area contributed by atoms with Gasteiger partial charge in [0.25, 0.3) is 5.91 Å². The second-order valence-electron chi connectivity index (χ2n) is 3.67. The Balaban J connectivity index is 2.28. The van der Waals surface area contributed by atoms with E-state index in [9.17, 15) is 9.59 Å². The van der Waals surface area contributed by atoms with Crippen LogP contribution in [0.2, 0.25) is 4.34 Å². The summed E-state index contributed by atoms with van der Waals surface area (Å²) in [6.07, 6.45) is 0. The highest BCUT2D eigenvalue weighted by Gasteiger charge is 2.15. The number of carboxylic acid groups (broad SMARTS) is 1. The van der Waals surface area contributed by atoms with Crippen molar-refractivity contribution < 1.29 is 14.7 Å². The number of hydrogen-bond acceptors (Lipinski definition) is 4. The summed E-state index contributed by atoms with van der Waals surface area (Å²) in [6.45, 7) is 0. The normalized spacial score (nSPS) is 10.2. The molecule has 5 nitrogen and oxygen atoms in total. The van der Waals surface area contributed by atoms with E-state index in [1.807, 2.05) is 0 Å². The van der Waals surface area contributed by atoms with E-state index < -0.39 is 11.9 Å². The van der Waals surface area contributed by atoms with Gasteiger partial charge in [-0.1, -0.05) is 11.6 Å². The molecule has 1 aromatic carbocycles. The van der Waals surface area contributed by atoms with Crippen molar-refractivity contribution in [1.82, 2.24) is 0 Å². The van der Waals surface area contributed by atoms with Crippen molar-refractivity contribution >= 4 is 46.2 Å². The second kappa shape index (κ2) is 5.29. The van der Waals surface area contributed by atoms with Crippen LogP contribution < -0.4 is 11.1 Å². The van der Waals surface area contributed by atoms with Crippen molar-refractivity contribution in [1.29, 1.82) is 0 Å². The summed E-state index contributed by atoms with van der Waals surface area (Å²) in [5.41, 5.74) is 5.97. The molecular weight excluding hydrogens is 288 g/mol. The lowest BCUT2D eigenvalue weighted by atomic mass is 10.1. The van der Waals surface area contributed by atoms with Crippen LogP contribution in [0.25, 0.3) is 0 Å². The largest absolute Gasteiger partial charge is 0.478 e. The lowest BCUT2D eigenvalue weighted by Gasteiger charge is -2.08. The van der Waals surface area contributed by atoms with Gasteiger partial charge in [0.15, 0.2) is 0 Å². The summed E-state index contributed by atoms with van der Waals surface area (Å²) in [4.78, 5) is 23.4. The zero-order chi connectivity index (χ0) is 14.0. The Bertz CT molecular complexity index is 654. The molecule has 7 heteroatoms. The van der Waals surface area contributed by atoms with Gasteiger partial charge in [-0.15, -0.1) is 11.3 Å². The molecule has 4 N–H and O–H groups in total. The van der Waals surface area contributed by atoms with E-state index in [0.717, 1.165) is 11.3 Å². The first kappa shape index (κ1) is 13.4. The number of thiophene rings is 1. The van der Waals surface area contributed by atoms with Crippen molar-refractivity contribution in [2.24, 2.45) is 0 Å². The van der Waals surface area contributed by atoms with Gasteiger partial charge in [0.2, 0.25) is 0 Å². The van der Waals surface area contributed by atoms with Crippen LogP contribution in [0.4, 0.5) is 11.4 Å². The zero-order valence-corrected chi connectivity index (χ0v) is 11.1. The number of nitrogen functional groups attached to an aromatic ring is 1. The summed E-state index contributed by atoms with van der Waals surface area (Å²) in [5.74, 6) is -1.57. The SMILES string of the molecule is Nc1ccc(NC(=O)c2ccc(Cl)s2)c(C(=O)O)c1. The topological polar surface area (TPSA) is 92.4 Å². The van der Waals surface area contributed by atoms with Crippen LogP contribution >= 0.6 is 22.9 Å². The first-order chi connectivity index (χ1) is 8.97. The van der Waals surface area contributed by atoms with Crippen LogP contribution in [0.5, 0.6) is 0 Å². The van der Waals surface area contributed by atoms with Crippen molar-refractivity contribution in [3.05, 3.63) is 45.1 Å². The molecule has 19 heavy (non-hydrogen) atoms. The van der Waals surface area contributed by atoms with Crippen LogP contribution in [-0.4, -0.2) is 17.0 Å². The molecule has 0 aliphatic rings. The fourth-order valence-corrected chi connectivity index (χ4v) is 2.41. The predicted molar refractivity (Wildman–Crippen MR) is 75.1 cm³/mol. The smallest absolute Gasteiger partial charge is 0.337 e. The average molecular weight is 297 g/mol. The van der Waals surface area contributed by atoms with E-state index in [4.69, 9.17) is 22.4 Å². The molecule has 0 saturated carbocycles. The van der Waals surface area contributed by atoms with Crippen LogP contribution in [0.15, 0.2) is 30.3 Å². The number of nitrogens with two attached hydrogens (primary N) is 1. The number of benzene rings is 1. The third-order valence-corrected chi connectivity index (χ3v) is 3.55. The minimum absolute atomic E-state index is 0.0593. The lowest BCUT2D eigenvalue weighted by Crippen LogP contribution is -2.13. The first-order valence-electron chi connectivity index (χ1n) is 5.17. The number of amides is 1. The quantitative estimate of drug-likeness (QED) is 0.759. The molecule has 0 bridgehead atoms. The van der Waals surface area contributed by atoms with Gasteiger partial charge < -0.3 is 16.2 Å². The highest BCUT2D eigenvalue weighted by molar-refractivity contribution is 7.18. The standard InChI is InChI=1S/C12H9ClN2O3S/c13-10-4-3-9(19-10)11(16)15-8-2-1-6(14)5-7(8)12(17)18/h1-5H,14H2,(H,15,16)(H,17,18). The number of carboxylic acids is 1. The molecule has 0 saturated heterocycles. The molecule has 0 aliphatic heterocycles. The summed E-state index contributed by atoms with van der Waals surface area (Å²) >= 11 is 6.85. The Labute approximate surface area is 117 Å². The lowest BCUT2D eigenvalue weighted by molar-refractivity contribution is 0.0698. The molecule has 0 radical (unpaired) electrons. The minimum Gasteiger partial charge on any atom is -0.478 e. The molecule has 1 heterocycles. The third kappa shape index (κ3) is 3.04. The van der Waals surface area contributed by atoms with Crippen molar-refractivity contribution in [3.63, 3.8) is 0 Å². The van der Waals surface area contributed by atoms with Gasteiger partial charge in [-0.2, -0.15) is 0 Å². The highest BCUT2D eigenvalue weighted by atomic mass is 35.5. The molecule has 2 aromatic rings. The predicted octanol–water partition coefficient (Wildman–Crippen LogP) is 2.93. The summed E-state index contributed by atoms with van der Waals surface area (Å²) in [7, 11) is 0. The third-order valence-electron chi connectivity index (χ3n) is 2.32. The number of carbonyl (C=O) groups excluding carboxylic acids is 1. The molecular formula is C12H9ClN2O3S. The Hall–Kier alpha value is -2.05.